The number of aromatic hydroxyl groups is 1. The van der Waals surface area contributed by atoms with E-state index in [2.05, 4.69) is 15.9 Å². The molecule has 0 bridgehead atoms. The summed E-state index contributed by atoms with van der Waals surface area (Å²) in [6, 6.07) is 3.42. The van der Waals surface area contributed by atoms with Gasteiger partial charge in [0, 0.05) is 29.8 Å². The van der Waals surface area contributed by atoms with E-state index in [1.807, 2.05) is 18.5 Å². The third kappa shape index (κ3) is 1.36. The molecule has 0 aliphatic heterocycles. The van der Waals surface area contributed by atoms with Gasteiger partial charge in [0.05, 0.1) is 9.99 Å². The zero-order chi connectivity index (χ0) is 11.2. The van der Waals surface area contributed by atoms with Gasteiger partial charge in [-0.3, -0.25) is 4.79 Å². The summed E-state index contributed by atoms with van der Waals surface area (Å²) < 4.78 is 2.49. The minimum absolute atomic E-state index is 0.181. The summed E-state index contributed by atoms with van der Waals surface area (Å²) in [5, 5.41) is 10.4. The molecule has 1 aromatic heterocycles. The van der Waals surface area contributed by atoms with Crippen molar-refractivity contribution in [2.75, 3.05) is 0 Å². The number of hydrogen-bond donors (Lipinski definition) is 1. The fraction of sp³-hybridized carbons (Fsp3) is 0.182. The molecule has 78 valence electrons. The van der Waals surface area contributed by atoms with E-state index >= 15 is 0 Å². The number of phenols is 1. The van der Waals surface area contributed by atoms with Crippen molar-refractivity contribution in [2.24, 2.45) is 7.05 Å². The van der Waals surface area contributed by atoms with E-state index in [0.29, 0.717) is 10.0 Å². The number of phenolic OH excluding ortho intramolecular Hbond substituents is 1. The molecule has 0 aliphatic carbocycles. The van der Waals surface area contributed by atoms with E-state index in [1.165, 1.54) is 0 Å². The zero-order valence-electron chi connectivity index (χ0n) is 8.41. The van der Waals surface area contributed by atoms with Crippen molar-refractivity contribution in [3.63, 3.8) is 0 Å². The minimum atomic E-state index is 0.181. The highest BCUT2D eigenvalue weighted by Gasteiger charge is 2.13. The third-order valence-electron chi connectivity index (χ3n) is 2.73. The molecule has 4 heteroatoms. The Bertz CT molecular complexity index is 557. The largest absolute Gasteiger partial charge is 0.507 e. The number of benzene rings is 1. The standard InChI is InChI=1S/C11H10BrNO2/c1-6-8(5-14)7-3-9(12)11(15)4-10(7)13(6)2/h3-5,15H,1-2H3. The number of halogens is 1. The van der Waals surface area contributed by atoms with E-state index in [4.69, 9.17) is 0 Å². The molecule has 0 amide bonds. The summed E-state index contributed by atoms with van der Waals surface area (Å²) in [6.07, 6.45) is 0.848. The summed E-state index contributed by atoms with van der Waals surface area (Å²) in [5.74, 6) is 0.181. The zero-order valence-corrected chi connectivity index (χ0v) is 10.00. The highest BCUT2D eigenvalue weighted by Crippen LogP contribution is 2.32. The third-order valence-corrected chi connectivity index (χ3v) is 3.36. The van der Waals surface area contributed by atoms with Crippen LogP contribution in [0.25, 0.3) is 10.9 Å². The first-order valence-corrected chi connectivity index (χ1v) is 5.28. The SMILES string of the molecule is Cc1c(C=O)c2cc(Br)c(O)cc2n1C. The van der Waals surface area contributed by atoms with Crippen molar-refractivity contribution in [2.45, 2.75) is 6.92 Å². The number of aldehydes is 1. The van der Waals surface area contributed by atoms with Gasteiger partial charge in [0.25, 0.3) is 0 Å². The lowest BCUT2D eigenvalue weighted by atomic mass is 10.1. The molecule has 1 N–H and O–H groups in total. The molecule has 3 nitrogen and oxygen atoms in total. The van der Waals surface area contributed by atoms with E-state index in [9.17, 15) is 9.90 Å². The van der Waals surface area contributed by atoms with Crippen LogP contribution in [0.4, 0.5) is 0 Å². The molecule has 15 heavy (non-hydrogen) atoms. The van der Waals surface area contributed by atoms with E-state index < -0.39 is 0 Å². The lowest BCUT2D eigenvalue weighted by molar-refractivity contribution is 0.112. The van der Waals surface area contributed by atoms with Crippen LogP contribution in [0, 0.1) is 6.92 Å². The molecule has 2 aromatic rings. The first-order chi connectivity index (χ1) is 7.06. The molecule has 0 unspecified atom stereocenters. The Labute approximate surface area is 95.5 Å². The highest BCUT2D eigenvalue weighted by atomic mass is 79.9. The van der Waals surface area contributed by atoms with Crippen molar-refractivity contribution in [3.8, 4) is 5.75 Å². The number of aryl methyl sites for hydroxylation is 1. The Kier molecular flexibility index (Phi) is 2.31. The topological polar surface area (TPSA) is 42.2 Å². The number of aromatic nitrogens is 1. The summed E-state index contributed by atoms with van der Waals surface area (Å²) in [7, 11) is 1.87. The van der Waals surface area contributed by atoms with Gasteiger partial charge < -0.3 is 9.67 Å². The maximum absolute atomic E-state index is 11.0. The monoisotopic (exact) mass is 267 g/mol. The van der Waals surface area contributed by atoms with E-state index in [0.717, 1.165) is 22.9 Å². The number of nitrogens with zero attached hydrogens (tertiary/aromatic N) is 1. The van der Waals surface area contributed by atoms with Crippen molar-refractivity contribution in [1.82, 2.24) is 4.57 Å². The molecular formula is C11H10BrNO2. The van der Waals surface area contributed by atoms with Gasteiger partial charge in [-0.05, 0) is 28.9 Å². The van der Waals surface area contributed by atoms with Crippen molar-refractivity contribution in [3.05, 3.63) is 27.9 Å². The molecule has 0 spiro atoms. The van der Waals surface area contributed by atoms with E-state index in [1.54, 1.807) is 12.1 Å². The van der Waals surface area contributed by atoms with Gasteiger partial charge in [-0.1, -0.05) is 0 Å². The molecule has 0 saturated carbocycles. The van der Waals surface area contributed by atoms with Crippen LogP contribution in [-0.4, -0.2) is 16.0 Å². The lowest BCUT2D eigenvalue weighted by Crippen LogP contribution is -1.91. The second kappa shape index (κ2) is 3.38. The summed E-state index contributed by atoms with van der Waals surface area (Å²) >= 11 is 3.24. The van der Waals surface area contributed by atoms with Gasteiger partial charge in [0.2, 0.25) is 0 Å². The average molecular weight is 268 g/mol. The van der Waals surface area contributed by atoms with Crippen LogP contribution in [0.2, 0.25) is 0 Å². The Morgan fingerprint density at radius 3 is 2.73 bits per heavy atom. The highest BCUT2D eigenvalue weighted by molar-refractivity contribution is 9.10. The molecule has 1 heterocycles. The molecule has 0 atom stereocenters. The van der Waals surface area contributed by atoms with Gasteiger partial charge in [-0.2, -0.15) is 0 Å². The van der Waals surface area contributed by atoms with Crippen LogP contribution in [0.5, 0.6) is 5.75 Å². The fourth-order valence-electron chi connectivity index (χ4n) is 1.75. The van der Waals surface area contributed by atoms with Gasteiger partial charge in [0.1, 0.15) is 5.75 Å². The summed E-state index contributed by atoms with van der Waals surface area (Å²) in [6.45, 7) is 1.88. The predicted molar refractivity (Wildman–Crippen MR) is 62.4 cm³/mol. The predicted octanol–water partition coefficient (Wildman–Crippen LogP) is 2.77. The van der Waals surface area contributed by atoms with Crippen molar-refractivity contribution in [1.29, 1.82) is 0 Å². The second-order valence-corrected chi connectivity index (χ2v) is 4.35. The Morgan fingerprint density at radius 2 is 2.13 bits per heavy atom. The van der Waals surface area contributed by atoms with Crippen LogP contribution in [-0.2, 0) is 7.05 Å². The lowest BCUT2D eigenvalue weighted by Gasteiger charge is -2.00. The first kappa shape index (κ1) is 10.2. The van der Waals surface area contributed by atoms with Crippen LogP contribution in [0.15, 0.2) is 16.6 Å². The van der Waals surface area contributed by atoms with Crippen LogP contribution < -0.4 is 0 Å². The number of rotatable bonds is 1. The smallest absolute Gasteiger partial charge is 0.152 e. The van der Waals surface area contributed by atoms with Crippen molar-refractivity contribution < 1.29 is 9.90 Å². The fourth-order valence-corrected chi connectivity index (χ4v) is 2.09. The first-order valence-electron chi connectivity index (χ1n) is 4.49. The normalized spacial score (nSPS) is 10.9. The number of fused-ring (bicyclic) bond motifs is 1. The second-order valence-electron chi connectivity index (χ2n) is 3.50. The molecule has 0 radical (unpaired) electrons. The maximum atomic E-state index is 11.0. The summed E-state index contributed by atoms with van der Waals surface area (Å²) in [5.41, 5.74) is 2.43. The molecule has 0 aliphatic rings. The van der Waals surface area contributed by atoms with E-state index in [-0.39, 0.29) is 5.75 Å². The molecular weight excluding hydrogens is 258 g/mol. The minimum Gasteiger partial charge on any atom is -0.507 e. The van der Waals surface area contributed by atoms with Gasteiger partial charge in [-0.25, -0.2) is 0 Å². The Balaban J connectivity index is 2.97. The van der Waals surface area contributed by atoms with Gasteiger partial charge >= 0.3 is 0 Å². The number of carbonyl (C=O) groups is 1. The molecule has 0 saturated heterocycles. The number of hydrogen-bond acceptors (Lipinski definition) is 2. The molecule has 1 aromatic carbocycles. The average Bonchev–Trinajstić information content (AvgIpc) is 2.42. The Morgan fingerprint density at radius 1 is 1.47 bits per heavy atom. The van der Waals surface area contributed by atoms with Gasteiger partial charge in [0.15, 0.2) is 6.29 Å². The van der Waals surface area contributed by atoms with Crippen molar-refractivity contribution >= 4 is 33.1 Å². The van der Waals surface area contributed by atoms with Crippen LogP contribution >= 0.6 is 15.9 Å². The number of carbonyl (C=O) groups excluding carboxylic acids is 1. The summed E-state index contributed by atoms with van der Waals surface area (Å²) in [4.78, 5) is 11.0. The molecule has 2 rings (SSSR count). The van der Waals surface area contributed by atoms with Crippen LogP contribution in [0.1, 0.15) is 16.1 Å². The Hall–Kier alpha value is -1.29. The van der Waals surface area contributed by atoms with Gasteiger partial charge in [-0.15, -0.1) is 0 Å². The van der Waals surface area contributed by atoms with Crippen LogP contribution in [0.3, 0.4) is 0 Å². The maximum Gasteiger partial charge on any atom is 0.152 e. The molecule has 0 fully saturated rings. The quantitative estimate of drug-likeness (QED) is 0.808.